The van der Waals surface area contributed by atoms with Crippen LogP contribution in [-0.4, -0.2) is 43.9 Å². The van der Waals surface area contributed by atoms with Crippen molar-refractivity contribution >= 4 is 18.0 Å². The minimum atomic E-state index is -0.519. The van der Waals surface area contributed by atoms with Crippen LogP contribution in [0.1, 0.15) is 88.7 Å². The Kier molecular flexibility index (Phi) is 5.53. The molecule has 4 aliphatic rings. The lowest BCUT2D eigenvalue weighted by atomic mass is 9.52. The minimum Gasteiger partial charge on any atom is -0.390 e. The molecule has 1 heterocycles. The van der Waals surface area contributed by atoms with E-state index in [1.807, 2.05) is 26.1 Å². The van der Waals surface area contributed by atoms with Crippen molar-refractivity contribution in [2.75, 3.05) is 0 Å². The zero-order valence-electron chi connectivity index (χ0n) is 19.3. The summed E-state index contributed by atoms with van der Waals surface area (Å²) < 4.78 is 1.74. The first-order valence-corrected chi connectivity index (χ1v) is 11.5. The molecule has 4 aliphatic carbocycles. The van der Waals surface area contributed by atoms with Gasteiger partial charge in [-0.05, 0) is 75.7 Å². The summed E-state index contributed by atoms with van der Waals surface area (Å²) in [7, 11) is 0. The Morgan fingerprint density at radius 2 is 1.90 bits per heavy atom. The summed E-state index contributed by atoms with van der Waals surface area (Å²) in [5.74, 6) is 1.29. The first-order valence-electron chi connectivity index (χ1n) is 11.5. The summed E-state index contributed by atoms with van der Waals surface area (Å²) in [5.41, 5.74) is 0.436. The van der Waals surface area contributed by atoms with Crippen molar-refractivity contribution in [3.05, 3.63) is 23.5 Å². The molecule has 0 radical (unpaired) electrons. The predicted molar refractivity (Wildman–Crippen MR) is 119 cm³/mol. The molecule has 0 aromatic carbocycles. The van der Waals surface area contributed by atoms with E-state index in [4.69, 9.17) is 0 Å². The van der Waals surface area contributed by atoms with Gasteiger partial charge in [0.2, 0.25) is 5.91 Å². The Labute approximate surface area is 184 Å². The van der Waals surface area contributed by atoms with Crippen LogP contribution in [-0.2, 0) is 4.79 Å². The lowest BCUT2D eigenvalue weighted by molar-refractivity contribution is -0.136. The second-order valence-corrected chi connectivity index (χ2v) is 11.0. The van der Waals surface area contributed by atoms with E-state index in [0.29, 0.717) is 23.3 Å². The molecule has 4 fully saturated rings. The van der Waals surface area contributed by atoms with Gasteiger partial charge in [-0.1, -0.05) is 13.8 Å². The van der Waals surface area contributed by atoms with Gasteiger partial charge in [-0.25, -0.2) is 4.68 Å². The number of nitrogens with one attached hydrogen (secondary N) is 2. The monoisotopic (exact) mass is 428 g/mol. The molecule has 2 atom stereocenters. The maximum atomic E-state index is 13.3. The number of amides is 2. The van der Waals surface area contributed by atoms with Gasteiger partial charge in [0.15, 0.2) is 0 Å². The lowest BCUT2D eigenvalue weighted by Crippen LogP contribution is -2.61. The Morgan fingerprint density at radius 1 is 1.26 bits per heavy atom. The van der Waals surface area contributed by atoms with Crippen molar-refractivity contribution in [2.45, 2.75) is 89.8 Å². The molecule has 2 unspecified atom stereocenters. The van der Waals surface area contributed by atoms with Crippen LogP contribution in [0.4, 0.5) is 0 Å². The number of nitrogens with zero attached hydrogens (tertiary/aromatic N) is 2. The SMILES string of the molecule is CC(=O)NC(C)(C)/C=C/n1ncc(C(=O)N[C@H]2C3CC4CC2C[C@](O)(C4)C3)c1C(C)C. The number of carbonyl (C=O) groups excluding carboxylic acids is 2. The number of carbonyl (C=O) groups is 2. The molecule has 1 aromatic rings. The van der Waals surface area contributed by atoms with Crippen LogP contribution in [0.3, 0.4) is 0 Å². The highest BCUT2D eigenvalue weighted by Crippen LogP contribution is 2.55. The largest absolute Gasteiger partial charge is 0.390 e. The number of aromatic nitrogens is 2. The summed E-state index contributed by atoms with van der Waals surface area (Å²) in [5, 5.41) is 21.5. The van der Waals surface area contributed by atoms with Crippen LogP contribution < -0.4 is 10.6 Å². The van der Waals surface area contributed by atoms with E-state index >= 15 is 0 Å². The third kappa shape index (κ3) is 4.43. The van der Waals surface area contributed by atoms with Crippen LogP contribution >= 0.6 is 0 Å². The van der Waals surface area contributed by atoms with Gasteiger partial charge in [0, 0.05) is 19.2 Å². The van der Waals surface area contributed by atoms with Gasteiger partial charge >= 0.3 is 0 Å². The van der Waals surface area contributed by atoms with E-state index in [-0.39, 0.29) is 23.8 Å². The van der Waals surface area contributed by atoms with Gasteiger partial charge in [0.05, 0.1) is 28.6 Å². The normalized spacial score (nSPS) is 32.1. The summed E-state index contributed by atoms with van der Waals surface area (Å²) in [6.45, 7) is 9.42. The van der Waals surface area contributed by atoms with Crippen molar-refractivity contribution in [1.29, 1.82) is 0 Å². The summed E-state index contributed by atoms with van der Waals surface area (Å²) in [6, 6.07) is 0.141. The Bertz CT molecular complexity index is 885. The maximum Gasteiger partial charge on any atom is 0.255 e. The third-order valence-corrected chi connectivity index (χ3v) is 7.29. The fourth-order valence-corrected chi connectivity index (χ4v) is 6.44. The number of aliphatic hydroxyl groups is 1. The van der Waals surface area contributed by atoms with Crippen molar-refractivity contribution in [3.63, 3.8) is 0 Å². The first-order chi connectivity index (χ1) is 14.5. The van der Waals surface area contributed by atoms with Gasteiger partial charge in [-0.15, -0.1) is 0 Å². The van der Waals surface area contributed by atoms with E-state index in [2.05, 4.69) is 29.6 Å². The van der Waals surface area contributed by atoms with Crippen LogP contribution in [0.5, 0.6) is 0 Å². The number of hydrogen-bond donors (Lipinski definition) is 3. The van der Waals surface area contributed by atoms with E-state index in [9.17, 15) is 14.7 Å². The van der Waals surface area contributed by atoms with E-state index < -0.39 is 11.1 Å². The van der Waals surface area contributed by atoms with Gasteiger partial charge in [-0.2, -0.15) is 5.10 Å². The Balaban J connectivity index is 1.52. The summed E-state index contributed by atoms with van der Waals surface area (Å²) >= 11 is 0. The second-order valence-electron chi connectivity index (χ2n) is 11.0. The van der Waals surface area contributed by atoms with Gasteiger partial charge in [0.25, 0.3) is 5.91 Å². The van der Waals surface area contributed by atoms with E-state index in [0.717, 1.165) is 37.8 Å². The molecular weight excluding hydrogens is 392 g/mol. The van der Waals surface area contributed by atoms with Crippen LogP contribution in [0.15, 0.2) is 12.3 Å². The van der Waals surface area contributed by atoms with E-state index in [1.165, 1.54) is 6.92 Å². The molecule has 7 heteroatoms. The zero-order valence-corrected chi connectivity index (χ0v) is 19.3. The molecule has 7 nitrogen and oxygen atoms in total. The van der Waals surface area contributed by atoms with Gasteiger partial charge in [-0.3, -0.25) is 9.59 Å². The standard InChI is InChI=1S/C24H36N4O3/c1-14(2)21-19(13-25-28(21)7-6-23(4,5)27-15(3)29)22(30)26-20-17-8-16-9-18(20)12-24(31,10-16)11-17/h6-7,13-14,16-18,20,31H,8-12H2,1-5H3,(H,26,30)(H,27,29)/b7-6+/t16?,17?,18?,20-,24-. The molecule has 4 saturated carbocycles. The zero-order chi connectivity index (χ0) is 22.6. The van der Waals surface area contributed by atoms with Crippen molar-refractivity contribution in [3.8, 4) is 0 Å². The smallest absolute Gasteiger partial charge is 0.255 e. The predicted octanol–water partition coefficient (Wildman–Crippen LogP) is 3.06. The third-order valence-electron chi connectivity index (χ3n) is 7.29. The minimum absolute atomic E-state index is 0.0751. The van der Waals surface area contributed by atoms with E-state index in [1.54, 1.807) is 10.9 Å². The molecule has 1 aromatic heterocycles. The molecule has 0 aliphatic heterocycles. The molecule has 5 rings (SSSR count). The maximum absolute atomic E-state index is 13.3. The summed E-state index contributed by atoms with van der Waals surface area (Å²) in [6.07, 6.45) is 10.1. The number of rotatable bonds is 6. The quantitative estimate of drug-likeness (QED) is 0.649. The average molecular weight is 429 g/mol. The average Bonchev–Trinajstić information content (AvgIpc) is 3.05. The first kappa shape index (κ1) is 22.1. The molecule has 0 spiro atoms. The second kappa shape index (κ2) is 7.76. The van der Waals surface area contributed by atoms with Crippen LogP contribution in [0, 0.1) is 17.8 Å². The summed E-state index contributed by atoms with van der Waals surface area (Å²) in [4.78, 5) is 24.7. The highest BCUT2D eigenvalue weighted by molar-refractivity contribution is 5.95. The van der Waals surface area contributed by atoms with Crippen molar-refractivity contribution < 1.29 is 14.7 Å². The van der Waals surface area contributed by atoms with Crippen LogP contribution in [0.25, 0.3) is 6.20 Å². The molecule has 2 amide bonds. The van der Waals surface area contributed by atoms with Gasteiger partial charge < -0.3 is 15.7 Å². The highest BCUT2D eigenvalue weighted by Gasteiger charge is 2.55. The molecule has 4 bridgehead atoms. The molecule has 0 saturated heterocycles. The Morgan fingerprint density at radius 3 is 2.45 bits per heavy atom. The van der Waals surface area contributed by atoms with Gasteiger partial charge in [0.1, 0.15) is 0 Å². The topological polar surface area (TPSA) is 96.2 Å². The Hall–Kier alpha value is -2.15. The van der Waals surface area contributed by atoms with Crippen molar-refractivity contribution in [1.82, 2.24) is 20.4 Å². The van der Waals surface area contributed by atoms with Crippen molar-refractivity contribution in [2.24, 2.45) is 17.8 Å². The fraction of sp³-hybridized carbons (Fsp3) is 0.708. The fourth-order valence-electron chi connectivity index (χ4n) is 6.44. The number of hydrogen-bond acceptors (Lipinski definition) is 4. The molecule has 170 valence electrons. The molecule has 3 N–H and O–H groups in total. The molecular formula is C24H36N4O3. The lowest BCUT2D eigenvalue weighted by Gasteiger charge is -2.58. The van der Waals surface area contributed by atoms with Crippen LogP contribution in [0.2, 0.25) is 0 Å². The molecule has 31 heavy (non-hydrogen) atoms. The highest BCUT2D eigenvalue weighted by atomic mass is 16.3.